The number of alkyl halides is 1. The van der Waals surface area contributed by atoms with Crippen LogP contribution < -0.4 is 0 Å². The van der Waals surface area contributed by atoms with Gasteiger partial charge in [0, 0.05) is 23.9 Å². The molecule has 116 valence electrons. The third-order valence-electron chi connectivity index (χ3n) is 4.25. The second-order valence-electron chi connectivity index (χ2n) is 5.57. The van der Waals surface area contributed by atoms with E-state index >= 15 is 0 Å². The summed E-state index contributed by atoms with van der Waals surface area (Å²) in [7, 11) is 2.82. The topological polar surface area (TPSA) is 74.2 Å². The first-order valence-electron chi connectivity index (χ1n) is 6.59. The summed E-state index contributed by atoms with van der Waals surface area (Å²) in [5.41, 5.74) is -1.53. The average Bonchev–Trinajstić information content (AvgIpc) is 2.40. The number of hydrogen-bond acceptors (Lipinski definition) is 6. The van der Waals surface area contributed by atoms with E-state index in [9.17, 15) is 9.90 Å². The molecule has 1 saturated heterocycles. The van der Waals surface area contributed by atoms with Gasteiger partial charge in [-0.1, -0.05) is 22.6 Å². The van der Waals surface area contributed by atoms with Gasteiger partial charge in [0.1, 0.15) is 6.10 Å². The van der Waals surface area contributed by atoms with Crippen LogP contribution >= 0.6 is 22.6 Å². The summed E-state index contributed by atoms with van der Waals surface area (Å²) in [5.74, 6) is -1.51. The maximum atomic E-state index is 11.8. The molecule has 1 aliphatic heterocycles. The lowest BCUT2D eigenvalue weighted by atomic mass is 9.80. The SMILES string of the molecule is COC(=O)[C@]1(O)C[C@H](I)C2O[C@@H](C)[C@@](C)(OC)O[C@@H]2C1. The van der Waals surface area contributed by atoms with Crippen LogP contribution in [-0.2, 0) is 23.7 Å². The quantitative estimate of drug-likeness (QED) is 0.424. The molecular weight excluding hydrogens is 379 g/mol. The molecule has 0 aromatic rings. The molecule has 1 N–H and O–H groups in total. The third-order valence-corrected chi connectivity index (χ3v) is 5.40. The van der Waals surface area contributed by atoms with Crippen molar-refractivity contribution in [1.82, 2.24) is 0 Å². The average molecular weight is 400 g/mol. The highest BCUT2D eigenvalue weighted by atomic mass is 127. The maximum absolute atomic E-state index is 11.8. The third kappa shape index (κ3) is 2.70. The standard InChI is InChI=1S/C13H21IO6/c1-7-12(2,18-4)20-9-6-13(16,11(15)17-3)5-8(14)10(9)19-7/h7-10,16H,5-6H2,1-4H3/t7-,8-,9+,10?,12-,13-/m0/s1. The van der Waals surface area contributed by atoms with Crippen molar-refractivity contribution in [3.05, 3.63) is 0 Å². The van der Waals surface area contributed by atoms with Crippen molar-refractivity contribution in [3.8, 4) is 0 Å². The van der Waals surface area contributed by atoms with Crippen molar-refractivity contribution in [3.63, 3.8) is 0 Å². The minimum atomic E-state index is -1.53. The smallest absolute Gasteiger partial charge is 0.337 e. The van der Waals surface area contributed by atoms with Gasteiger partial charge in [0.15, 0.2) is 11.4 Å². The van der Waals surface area contributed by atoms with Crippen molar-refractivity contribution in [2.24, 2.45) is 0 Å². The lowest BCUT2D eigenvalue weighted by Gasteiger charge is -2.51. The van der Waals surface area contributed by atoms with Crippen LogP contribution in [0, 0.1) is 0 Å². The summed E-state index contributed by atoms with van der Waals surface area (Å²) < 4.78 is 22.0. The number of carbonyl (C=O) groups is 1. The minimum Gasteiger partial charge on any atom is -0.467 e. The number of aliphatic hydroxyl groups is 1. The second-order valence-corrected chi connectivity index (χ2v) is 7.17. The summed E-state index contributed by atoms with van der Waals surface area (Å²) >= 11 is 2.19. The molecule has 0 spiro atoms. The van der Waals surface area contributed by atoms with Crippen molar-refractivity contribution in [2.45, 2.75) is 60.3 Å². The molecule has 6 atom stereocenters. The number of esters is 1. The normalized spacial score (nSPS) is 48.5. The number of methoxy groups -OCH3 is 2. The molecule has 7 heteroatoms. The molecule has 0 aromatic heterocycles. The molecule has 6 nitrogen and oxygen atoms in total. The van der Waals surface area contributed by atoms with E-state index < -0.39 is 23.5 Å². The van der Waals surface area contributed by atoms with Gasteiger partial charge in [0.2, 0.25) is 0 Å². The highest BCUT2D eigenvalue weighted by Crippen LogP contribution is 2.43. The largest absolute Gasteiger partial charge is 0.467 e. The fraction of sp³-hybridized carbons (Fsp3) is 0.923. The Morgan fingerprint density at radius 3 is 2.60 bits per heavy atom. The van der Waals surface area contributed by atoms with Gasteiger partial charge in [-0.05, 0) is 13.8 Å². The van der Waals surface area contributed by atoms with Crippen LogP contribution in [0.2, 0.25) is 0 Å². The van der Waals surface area contributed by atoms with E-state index in [0.717, 1.165) is 0 Å². The second kappa shape index (κ2) is 5.68. The number of hydrogen-bond donors (Lipinski definition) is 1. The van der Waals surface area contributed by atoms with Crippen LogP contribution in [0.3, 0.4) is 0 Å². The summed E-state index contributed by atoms with van der Waals surface area (Å²) in [5, 5.41) is 10.5. The van der Waals surface area contributed by atoms with Crippen LogP contribution in [-0.4, -0.2) is 58.9 Å². The number of carbonyl (C=O) groups excluding carboxylic acids is 1. The Balaban J connectivity index is 2.21. The number of ether oxygens (including phenoxy) is 4. The molecule has 2 fully saturated rings. The molecule has 1 heterocycles. The molecule has 1 saturated carbocycles. The maximum Gasteiger partial charge on any atom is 0.337 e. The van der Waals surface area contributed by atoms with E-state index in [1.54, 1.807) is 14.0 Å². The molecule has 0 aromatic carbocycles. The number of rotatable bonds is 2. The zero-order valence-corrected chi connectivity index (χ0v) is 14.2. The highest BCUT2D eigenvalue weighted by Gasteiger charge is 2.56. The lowest BCUT2D eigenvalue weighted by Crippen LogP contribution is -2.64. The number of halogens is 1. The van der Waals surface area contributed by atoms with Crippen molar-refractivity contribution in [2.75, 3.05) is 14.2 Å². The Morgan fingerprint density at radius 1 is 1.40 bits per heavy atom. The molecule has 0 radical (unpaired) electrons. The molecule has 0 amide bonds. The van der Waals surface area contributed by atoms with Gasteiger partial charge in [-0.3, -0.25) is 0 Å². The van der Waals surface area contributed by atoms with E-state index in [4.69, 9.17) is 18.9 Å². The summed E-state index contributed by atoms with van der Waals surface area (Å²) in [6, 6.07) is 0. The van der Waals surface area contributed by atoms with E-state index in [1.165, 1.54) is 7.11 Å². The van der Waals surface area contributed by atoms with Crippen molar-refractivity contribution < 1.29 is 28.8 Å². The van der Waals surface area contributed by atoms with Crippen LogP contribution in [0.25, 0.3) is 0 Å². The zero-order valence-electron chi connectivity index (χ0n) is 12.1. The van der Waals surface area contributed by atoms with Crippen LogP contribution in [0.4, 0.5) is 0 Å². The Morgan fingerprint density at radius 2 is 2.05 bits per heavy atom. The summed E-state index contributed by atoms with van der Waals surface area (Å²) in [6.45, 7) is 3.69. The molecular formula is C13H21IO6. The molecule has 2 aliphatic rings. The van der Waals surface area contributed by atoms with Gasteiger partial charge in [-0.25, -0.2) is 4.79 Å². The highest BCUT2D eigenvalue weighted by molar-refractivity contribution is 14.1. The van der Waals surface area contributed by atoms with Gasteiger partial charge >= 0.3 is 5.97 Å². The van der Waals surface area contributed by atoms with Crippen LogP contribution in [0.15, 0.2) is 0 Å². The van der Waals surface area contributed by atoms with Crippen molar-refractivity contribution in [1.29, 1.82) is 0 Å². The first-order chi connectivity index (χ1) is 9.25. The van der Waals surface area contributed by atoms with Gasteiger partial charge in [-0.15, -0.1) is 0 Å². The first-order valence-corrected chi connectivity index (χ1v) is 7.83. The molecule has 1 aliphatic carbocycles. The van der Waals surface area contributed by atoms with E-state index in [2.05, 4.69) is 22.6 Å². The number of fused-ring (bicyclic) bond motifs is 1. The van der Waals surface area contributed by atoms with Gasteiger partial charge in [-0.2, -0.15) is 0 Å². The Kier molecular flexibility index (Phi) is 4.66. The first kappa shape index (κ1) is 16.4. The summed E-state index contributed by atoms with van der Waals surface area (Å²) in [6.07, 6.45) is -0.360. The zero-order chi connectivity index (χ0) is 15.1. The van der Waals surface area contributed by atoms with E-state index in [1.807, 2.05) is 6.92 Å². The van der Waals surface area contributed by atoms with Gasteiger partial charge < -0.3 is 24.1 Å². The minimum absolute atomic E-state index is 0.0423. The predicted molar refractivity (Wildman–Crippen MR) is 78.6 cm³/mol. The lowest BCUT2D eigenvalue weighted by molar-refractivity contribution is -0.356. The molecule has 2 rings (SSSR count). The van der Waals surface area contributed by atoms with Crippen LogP contribution in [0.5, 0.6) is 0 Å². The predicted octanol–water partition coefficient (Wildman–Crippen LogP) is 1.02. The Hall–Kier alpha value is 0.0400. The molecule has 1 unspecified atom stereocenters. The fourth-order valence-electron chi connectivity index (χ4n) is 2.81. The van der Waals surface area contributed by atoms with Gasteiger partial charge in [0.05, 0.1) is 19.3 Å². The Bertz CT molecular complexity index is 391. The van der Waals surface area contributed by atoms with Crippen LogP contribution in [0.1, 0.15) is 26.7 Å². The van der Waals surface area contributed by atoms with Crippen molar-refractivity contribution >= 4 is 28.6 Å². The summed E-state index contributed by atoms with van der Waals surface area (Å²) in [4.78, 5) is 11.8. The Labute approximate surface area is 132 Å². The monoisotopic (exact) mass is 400 g/mol. The van der Waals surface area contributed by atoms with E-state index in [-0.39, 0.29) is 22.6 Å². The molecule has 0 bridgehead atoms. The molecule has 20 heavy (non-hydrogen) atoms. The van der Waals surface area contributed by atoms with Gasteiger partial charge in [0.25, 0.3) is 0 Å². The van der Waals surface area contributed by atoms with E-state index in [0.29, 0.717) is 6.42 Å². The fourth-order valence-corrected chi connectivity index (χ4v) is 4.17.